The Morgan fingerprint density at radius 1 is 1.52 bits per heavy atom. The van der Waals surface area contributed by atoms with Crippen molar-refractivity contribution in [2.24, 2.45) is 10.8 Å². The van der Waals surface area contributed by atoms with Gasteiger partial charge in [-0.15, -0.1) is 0 Å². The summed E-state index contributed by atoms with van der Waals surface area (Å²) in [5, 5.41) is 19.4. The zero-order chi connectivity index (χ0) is 15.8. The van der Waals surface area contributed by atoms with Crippen LogP contribution < -0.4 is 20.6 Å². The molecule has 0 heterocycles. The van der Waals surface area contributed by atoms with Crippen LogP contribution in [0.25, 0.3) is 0 Å². The molecular weight excluding hydrogens is 284 g/mol. The number of hydrazone groups is 1. The van der Waals surface area contributed by atoms with E-state index in [4.69, 9.17) is 25.9 Å². The van der Waals surface area contributed by atoms with Crippen LogP contribution in [0.2, 0.25) is 0 Å². The molecule has 0 aliphatic carbocycles. The zero-order valence-corrected chi connectivity index (χ0v) is 11.1. The molecule has 0 bridgehead atoms. The molecule has 0 aliphatic heterocycles. The number of hydrogen-bond donors (Lipinski definition) is 3. The number of nitrogens with zero attached hydrogens (tertiary/aromatic N) is 2. The lowest BCUT2D eigenvalue weighted by atomic mass is 10.3. The largest absolute Gasteiger partial charge is 0.493 e. The van der Waals surface area contributed by atoms with Crippen LogP contribution in [-0.2, 0) is 0 Å². The highest BCUT2D eigenvalue weighted by molar-refractivity contribution is 6.45. The van der Waals surface area contributed by atoms with Gasteiger partial charge in [0, 0.05) is 6.07 Å². The van der Waals surface area contributed by atoms with Gasteiger partial charge in [0.1, 0.15) is 12.7 Å². The number of ether oxygens (including phenoxy) is 2. The number of alkyl halides is 2. The zero-order valence-electron chi connectivity index (χ0n) is 11.1. The SMILES string of the molecule is COc1ccc(N/N=C(\C#N)C(=N)N)cc1OCC(F)F. The fourth-order valence-corrected chi connectivity index (χ4v) is 1.28. The van der Waals surface area contributed by atoms with Gasteiger partial charge < -0.3 is 15.2 Å². The molecule has 0 aromatic heterocycles. The molecule has 112 valence electrons. The van der Waals surface area contributed by atoms with Crippen molar-refractivity contribution >= 4 is 17.2 Å². The first-order chi connectivity index (χ1) is 9.97. The summed E-state index contributed by atoms with van der Waals surface area (Å²) in [7, 11) is 1.37. The van der Waals surface area contributed by atoms with Crippen LogP contribution in [-0.4, -0.2) is 31.7 Å². The molecular formula is C12H13F2N5O2. The van der Waals surface area contributed by atoms with Crippen molar-refractivity contribution in [2.45, 2.75) is 6.43 Å². The molecule has 1 aromatic rings. The van der Waals surface area contributed by atoms with Gasteiger partial charge in [-0.2, -0.15) is 10.4 Å². The average molecular weight is 297 g/mol. The number of methoxy groups -OCH3 is 1. The van der Waals surface area contributed by atoms with Crippen molar-refractivity contribution in [3.05, 3.63) is 18.2 Å². The highest BCUT2D eigenvalue weighted by Crippen LogP contribution is 2.30. The highest BCUT2D eigenvalue weighted by atomic mass is 19.3. The molecule has 0 amide bonds. The summed E-state index contributed by atoms with van der Waals surface area (Å²) in [6, 6.07) is 6.03. The maximum absolute atomic E-state index is 12.2. The third kappa shape index (κ3) is 4.94. The van der Waals surface area contributed by atoms with Gasteiger partial charge in [-0.25, -0.2) is 8.78 Å². The van der Waals surface area contributed by atoms with E-state index in [0.29, 0.717) is 5.69 Å². The van der Waals surface area contributed by atoms with Crippen molar-refractivity contribution in [1.82, 2.24) is 0 Å². The summed E-state index contributed by atoms with van der Waals surface area (Å²) in [6.07, 6.45) is -2.62. The number of nitrogens with one attached hydrogen (secondary N) is 2. The van der Waals surface area contributed by atoms with Gasteiger partial charge in [0.25, 0.3) is 6.43 Å². The quantitative estimate of drug-likeness (QED) is 0.401. The predicted octanol–water partition coefficient (Wildman–Crippen LogP) is 1.57. The van der Waals surface area contributed by atoms with E-state index in [1.54, 1.807) is 6.07 Å². The first-order valence-electron chi connectivity index (χ1n) is 5.65. The molecule has 0 atom stereocenters. The molecule has 0 saturated heterocycles. The van der Waals surface area contributed by atoms with E-state index in [0.717, 1.165) is 0 Å². The van der Waals surface area contributed by atoms with Gasteiger partial charge in [-0.05, 0) is 12.1 Å². The van der Waals surface area contributed by atoms with Crippen molar-refractivity contribution in [2.75, 3.05) is 19.1 Å². The van der Waals surface area contributed by atoms with E-state index in [2.05, 4.69) is 10.5 Å². The Morgan fingerprint density at radius 2 is 2.24 bits per heavy atom. The van der Waals surface area contributed by atoms with E-state index in [-0.39, 0.29) is 17.2 Å². The van der Waals surface area contributed by atoms with Crippen LogP contribution in [0, 0.1) is 16.7 Å². The van der Waals surface area contributed by atoms with E-state index in [1.807, 2.05) is 0 Å². The van der Waals surface area contributed by atoms with Gasteiger partial charge in [-0.1, -0.05) is 0 Å². The molecule has 1 rings (SSSR count). The van der Waals surface area contributed by atoms with Crippen LogP contribution in [0.5, 0.6) is 11.5 Å². The molecule has 0 spiro atoms. The van der Waals surface area contributed by atoms with E-state index in [1.165, 1.54) is 25.3 Å². The third-order valence-corrected chi connectivity index (χ3v) is 2.19. The number of halogens is 2. The molecule has 0 saturated carbocycles. The smallest absolute Gasteiger partial charge is 0.272 e. The van der Waals surface area contributed by atoms with E-state index >= 15 is 0 Å². The summed E-state index contributed by atoms with van der Waals surface area (Å²) in [6.45, 7) is -0.778. The summed E-state index contributed by atoms with van der Waals surface area (Å²) in [5.74, 6) is -0.121. The molecule has 9 heteroatoms. The Labute approximate surface area is 119 Å². The molecule has 1 aromatic carbocycles. The molecule has 0 aliphatic rings. The lowest BCUT2D eigenvalue weighted by molar-refractivity contribution is 0.0805. The normalized spacial score (nSPS) is 10.9. The maximum atomic E-state index is 12.2. The van der Waals surface area contributed by atoms with Crippen LogP contribution in [0.1, 0.15) is 0 Å². The lowest BCUT2D eigenvalue weighted by Gasteiger charge is -2.11. The number of amidine groups is 1. The number of benzene rings is 1. The molecule has 0 fully saturated rings. The second-order valence-corrected chi connectivity index (χ2v) is 3.67. The van der Waals surface area contributed by atoms with E-state index < -0.39 is 18.9 Å². The Kier molecular flexibility index (Phi) is 5.88. The fourth-order valence-electron chi connectivity index (χ4n) is 1.28. The molecule has 0 radical (unpaired) electrons. The van der Waals surface area contributed by atoms with Gasteiger partial charge >= 0.3 is 0 Å². The van der Waals surface area contributed by atoms with Gasteiger partial charge in [-0.3, -0.25) is 10.8 Å². The minimum Gasteiger partial charge on any atom is -0.493 e. The summed E-state index contributed by atoms with van der Waals surface area (Å²) in [4.78, 5) is 0. The predicted molar refractivity (Wildman–Crippen MR) is 73.1 cm³/mol. The summed E-state index contributed by atoms with van der Waals surface area (Å²) >= 11 is 0. The third-order valence-electron chi connectivity index (χ3n) is 2.19. The fraction of sp³-hybridized carbons (Fsp3) is 0.250. The number of rotatable bonds is 7. The number of nitrogens with two attached hydrogens (primary N) is 1. The average Bonchev–Trinajstić information content (AvgIpc) is 2.45. The first kappa shape index (κ1) is 16.2. The van der Waals surface area contributed by atoms with E-state index in [9.17, 15) is 8.78 Å². The molecule has 4 N–H and O–H groups in total. The topological polar surface area (TPSA) is 117 Å². The van der Waals surface area contributed by atoms with Crippen LogP contribution >= 0.6 is 0 Å². The second-order valence-electron chi connectivity index (χ2n) is 3.67. The maximum Gasteiger partial charge on any atom is 0.272 e. The van der Waals surface area contributed by atoms with Crippen molar-refractivity contribution < 1.29 is 18.3 Å². The highest BCUT2D eigenvalue weighted by Gasteiger charge is 2.10. The standard InChI is InChI=1S/C12H13F2N5O2/c1-20-9-3-2-7(4-10(9)21-6-11(13)14)18-19-8(5-15)12(16)17/h2-4,11,18H,6H2,1H3,(H3,16,17)/b19-8+. The second kappa shape index (κ2) is 7.64. The van der Waals surface area contributed by atoms with Gasteiger partial charge in [0.2, 0.25) is 5.71 Å². The monoisotopic (exact) mass is 297 g/mol. The summed E-state index contributed by atoms with van der Waals surface area (Å²) in [5.41, 5.74) is 7.66. The first-order valence-corrected chi connectivity index (χ1v) is 5.65. The van der Waals surface area contributed by atoms with Crippen LogP contribution in [0.4, 0.5) is 14.5 Å². The van der Waals surface area contributed by atoms with Crippen molar-refractivity contribution in [3.63, 3.8) is 0 Å². The number of hydrogen-bond acceptors (Lipinski definition) is 6. The van der Waals surface area contributed by atoms with Crippen LogP contribution in [0.3, 0.4) is 0 Å². The summed E-state index contributed by atoms with van der Waals surface area (Å²) < 4.78 is 34.2. The molecule has 0 unspecified atom stereocenters. The Hall–Kier alpha value is -2.89. The number of nitriles is 1. The van der Waals surface area contributed by atoms with Crippen molar-refractivity contribution in [1.29, 1.82) is 10.7 Å². The Morgan fingerprint density at radius 3 is 2.76 bits per heavy atom. The number of anilines is 1. The van der Waals surface area contributed by atoms with Gasteiger partial charge in [0.05, 0.1) is 12.8 Å². The minimum absolute atomic E-state index is 0.0966. The Balaban J connectivity index is 2.92. The minimum atomic E-state index is -2.62. The van der Waals surface area contributed by atoms with Crippen LogP contribution in [0.15, 0.2) is 23.3 Å². The van der Waals surface area contributed by atoms with Crippen molar-refractivity contribution in [3.8, 4) is 17.6 Å². The molecule has 21 heavy (non-hydrogen) atoms. The molecule has 7 nitrogen and oxygen atoms in total. The van der Waals surface area contributed by atoms with Gasteiger partial charge in [0.15, 0.2) is 17.3 Å². The Bertz CT molecular complexity index is 584. The lowest BCUT2D eigenvalue weighted by Crippen LogP contribution is -2.21.